The molecule has 1 aliphatic heterocycles. The van der Waals surface area contributed by atoms with Crippen molar-refractivity contribution in [3.8, 4) is 0 Å². The third kappa shape index (κ3) is 3.09. The Bertz CT molecular complexity index is 950. The van der Waals surface area contributed by atoms with Crippen LogP contribution >= 0.6 is 0 Å². The second kappa shape index (κ2) is 6.44. The number of fused-ring (bicyclic) bond motifs is 1. The number of hydrogen-bond acceptors (Lipinski definition) is 4. The zero-order chi connectivity index (χ0) is 18.2. The van der Waals surface area contributed by atoms with Gasteiger partial charge in [0.1, 0.15) is 0 Å². The molecule has 0 N–H and O–H groups in total. The molecule has 25 heavy (non-hydrogen) atoms. The lowest BCUT2D eigenvalue weighted by Gasteiger charge is -2.16. The molecule has 0 bridgehead atoms. The van der Waals surface area contributed by atoms with Crippen LogP contribution in [0.3, 0.4) is 0 Å². The Hall–Kier alpha value is -2.47. The third-order valence-corrected chi connectivity index (χ3v) is 6.28. The van der Waals surface area contributed by atoms with Gasteiger partial charge in [0.25, 0.3) is 0 Å². The lowest BCUT2D eigenvalue weighted by Crippen LogP contribution is -2.24. The van der Waals surface area contributed by atoms with Gasteiger partial charge >= 0.3 is 0 Å². The van der Waals surface area contributed by atoms with E-state index in [-0.39, 0.29) is 22.5 Å². The number of rotatable bonds is 3. The normalized spacial score (nSPS) is 17.7. The molecular formula is C19H20N2O3S. The SMILES string of the molecule is CCS(=O)(=O)c1ccc2c(c1)C(c1ccncc1)=CN(C)C(=O)C2C. The Morgan fingerprint density at radius 3 is 2.48 bits per heavy atom. The molecule has 130 valence electrons. The van der Waals surface area contributed by atoms with Crippen molar-refractivity contribution >= 4 is 21.3 Å². The summed E-state index contributed by atoms with van der Waals surface area (Å²) in [6.07, 6.45) is 5.12. The van der Waals surface area contributed by atoms with E-state index in [4.69, 9.17) is 0 Å². The van der Waals surface area contributed by atoms with Gasteiger partial charge in [0.15, 0.2) is 9.84 Å². The lowest BCUT2D eigenvalue weighted by molar-refractivity contribution is -0.128. The van der Waals surface area contributed by atoms with Crippen LogP contribution in [0.2, 0.25) is 0 Å². The van der Waals surface area contributed by atoms with E-state index in [0.717, 1.165) is 22.3 Å². The Morgan fingerprint density at radius 2 is 1.84 bits per heavy atom. The Morgan fingerprint density at radius 1 is 1.16 bits per heavy atom. The third-order valence-electron chi connectivity index (χ3n) is 4.55. The summed E-state index contributed by atoms with van der Waals surface area (Å²) in [5.41, 5.74) is 3.29. The van der Waals surface area contributed by atoms with Crippen LogP contribution in [0.4, 0.5) is 0 Å². The van der Waals surface area contributed by atoms with Crippen molar-refractivity contribution in [2.24, 2.45) is 0 Å². The first-order valence-corrected chi connectivity index (χ1v) is 9.76. The second-order valence-corrected chi connectivity index (χ2v) is 8.38. The van der Waals surface area contributed by atoms with Crippen LogP contribution in [0.5, 0.6) is 0 Å². The summed E-state index contributed by atoms with van der Waals surface area (Å²) in [6.45, 7) is 3.47. The molecule has 0 fully saturated rings. The van der Waals surface area contributed by atoms with Crippen molar-refractivity contribution in [1.82, 2.24) is 9.88 Å². The second-order valence-electron chi connectivity index (χ2n) is 6.10. The summed E-state index contributed by atoms with van der Waals surface area (Å²) in [5.74, 6) is -0.348. The van der Waals surface area contributed by atoms with Crippen molar-refractivity contribution in [3.05, 3.63) is 65.6 Å². The molecule has 1 unspecified atom stereocenters. The topological polar surface area (TPSA) is 67.3 Å². The molecule has 5 nitrogen and oxygen atoms in total. The molecule has 0 saturated carbocycles. The average molecular weight is 356 g/mol. The maximum atomic E-state index is 12.6. The zero-order valence-corrected chi connectivity index (χ0v) is 15.2. The smallest absolute Gasteiger partial charge is 0.233 e. The van der Waals surface area contributed by atoms with Gasteiger partial charge in [-0.2, -0.15) is 0 Å². The number of pyridine rings is 1. The van der Waals surface area contributed by atoms with Crippen molar-refractivity contribution in [2.45, 2.75) is 24.7 Å². The molecule has 0 spiro atoms. The van der Waals surface area contributed by atoms with E-state index in [2.05, 4.69) is 4.98 Å². The van der Waals surface area contributed by atoms with Crippen LogP contribution in [0, 0.1) is 0 Å². The van der Waals surface area contributed by atoms with Crippen LogP contribution in [0.15, 0.2) is 53.8 Å². The summed E-state index contributed by atoms with van der Waals surface area (Å²) in [7, 11) is -1.61. The maximum Gasteiger partial charge on any atom is 0.233 e. The highest BCUT2D eigenvalue weighted by Crippen LogP contribution is 2.36. The van der Waals surface area contributed by atoms with E-state index in [9.17, 15) is 13.2 Å². The molecule has 2 heterocycles. The molecule has 0 aliphatic carbocycles. The van der Waals surface area contributed by atoms with Crippen LogP contribution < -0.4 is 0 Å². The van der Waals surface area contributed by atoms with Crippen molar-refractivity contribution < 1.29 is 13.2 Å². The minimum atomic E-state index is -3.33. The van der Waals surface area contributed by atoms with Gasteiger partial charge in [-0.1, -0.05) is 13.0 Å². The lowest BCUT2D eigenvalue weighted by atomic mass is 9.90. The molecule has 1 aromatic heterocycles. The van der Waals surface area contributed by atoms with Gasteiger partial charge in [-0.15, -0.1) is 0 Å². The molecule has 1 aliphatic rings. The summed E-state index contributed by atoms with van der Waals surface area (Å²) < 4.78 is 24.6. The fourth-order valence-corrected chi connectivity index (χ4v) is 3.94. The quantitative estimate of drug-likeness (QED) is 0.848. The Balaban J connectivity index is 2.30. The molecule has 3 rings (SSSR count). The van der Waals surface area contributed by atoms with Gasteiger partial charge in [-0.05, 0) is 47.9 Å². The monoisotopic (exact) mass is 356 g/mol. The van der Waals surface area contributed by atoms with Gasteiger partial charge in [-0.3, -0.25) is 9.78 Å². The number of likely N-dealkylation sites (N-methyl/N-ethyl adjacent to an activating group) is 1. The minimum Gasteiger partial charge on any atom is -0.321 e. The molecule has 1 atom stereocenters. The van der Waals surface area contributed by atoms with Gasteiger partial charge in [-0.25, -0.2) is 8.42 Å². The average Bonchev–Trinajstić information content (AvgIpc) is 2.73. The van der Waals surface area contributed by atoms with Gasteiger partial charge < -0.3 is 4.90 Å². The Labute approximate surface area is 147 Å². The molecule has 1 amide bonds. The number of hydrogen-bond donors (Lipinski definition) is 0. The number of carbonyl (C=O) groups is 1. The highest BCUT2D eigenvalue weighted by atomic mass is 32.2. The van der Waals surface area contributed by atoms with E-state index < -0.39 is 9.84 Å². The van der Waals surface area contributed by atoms with Crippen molar-refractivity contribution in [3.63, 3.8) is 0 Å². The zero-order valence-electron chi connectivity index (χ0n) is 14.4. The fraction of sp³-hybridized carbons (Fsp3) is 0.263. The summed E-state index contributed by atoms with van der Waals surface area (Å²) in [5, 5.41) is 0. The van der Waals surface area contributed by atoms with E-state index >= 15 is 0 Å². The largest absolute Gasteiger partial charge is 0.321 e. The number of sulfone groups is 1. The van der Waals surface area contributed by atoms with Crippen molar-refractivity contribution in [2.75, 3.05) is 12.8 Å². The first-order valence-electron chi connectivity index (χ1n) is 8.11. The predicted octanol–water partition coefficient (Wildman–Crippen LogP) is 2.84. The van der Waals surface area contributed by atoms with Crippen LogP contribution in [-0.4, -0.2) is 37.0 Å². The molecule has 0 radical (unpaired) electrons. The van der Waals surface area contributed by atoms with Gasteiger partial charge in [0.2, 0.25) is 5.91 Å². The van der Waals surface area contributed by atoms with Crippen molar-refractivity contribution in [1.29, 1.82) is 0 Å². The highest BCUT2D eigenvalue weighted by Gasteiger charge is 2.28. The number of amides is 1. The van der Waals surface area contributed by atoms with E-state index in [0.29, 0.717) is 0 Å². The van der Waals surface area contributed by atoms with E-state index in [1.807, 2.05) is 19.1 Å². The van der Waals surface area contributed by atoms with E-state index in [1.165, 1.54) is 0 Å². The van der Waals surface area contributed by atoms with E-state index in [1.54, 1.807) is 55.7 Å². The first kappa shape index (κ1) is 17.4. The summed E-state index contributed by atoms with van der Waals surface area (Å²) in [6, 6.07) is 8.74. The molecule has 1 aromatic carbocycles. The van der Waals surface area contributed by atoms with Crippen LogP contribution in [0.25, 0.3) is 5.57 Å². The summed E-state index contributed by atoms with van der Waals surface area (Å²) >= 11 is 0. The Kier molecular flexibility index (Phi) is 4.47. The number of aromatic nitrogens is 1. The molecule has 0 saturated heterocycles. The van der Waals surface area contributed by atoms with Crippen LogP contribution in [-0.2, 0) is 14.6 Å². The van der Waals surface area contributed by atoms with Gasteiger partial charge in [0.05, 0.1) is 16.6 Å². The number of nitrogens with zero attached hydrogens (tertiary/aromatic N) is 2. The number of benzene rings is 1. The maximum absolute atomic E-state index is 12.6. The standard InChI is InChI=1S/C19H20N2O3S/c1-4-25(23,24)15-5-6-16-13(2)19(22)21(3)12-18(17(16)11-15)14-7-9-20-10-8-14/h5-13H,4H2,1-3H3. The molecular weight excluding hydrogens is 336 g/mol. The number of carbonyl (C=O) groups excluding carboxylic acids is 1. The fourth-order valence-electron chi connectivity index (χ4n) is 3.03. The predicted molar refractivity (Wildman–Crippen MR) is 96.7 cm³/mol. The van der Waals surface area contributed by atoms with Gasteiger partial charge in [0, 0.05) is 31.2 Å². The minimum absolute atomic E-state index is 0.0311. The highest BCUT2D eigenvalue weighted by molar-refractivity contribution is 7.91. The summed E-state index contributed by atoms with van der Waals surface area (Å²) in [4.78, 5) is 18.4. The van der Waals surface area contributed by atoms with Crippen LogP contribution in [0.1, 0.15) is 36.5 Å². The molecule has 2 aromatic rings. The molecule has 6 heteroatoms. The first-order chi connectivity index (χ1) is 11.8.